The first-order valence-corrected chi connectivity index (χ1v) is 5.96. The van der Waals surface area contributed by atoms with E-state index in [9.17, 15) is 9.59 Å². The summed E-state index contributed by atoms with van der Waals surface area (Å²) in [5.41, 5.74) is 5.76. The van der Waals surface area contributed by atoms with Crippen molar-refractivity contribution in [2.75, 3.05) is 19.5 Å². The van der Waals surface area contributed by atoms with Crippen LogP contribution in [-0.4, -0.2) is 37.2 Å². The molecule has 1 aromatic carbocycles. The molecule has 0 aromatic heterocycles. The average Bonchev–Trinajstić information content (AvgIpc) is 2.39. The fraction of sp³-hybridized carbons (Fsp3) is 0.333. The van der Waals surface area contributed by atoms with Crippen molar-refractivity contribution in [2.45, 2.75) is 12.5 Å². The van der Waals surface area contributed by atoms with Crippen LogP contribution < -0.4 is 20.5 Å². The molecule has 1 amide bonds. The van der Waals surface area contributed by atoms with E-state index in [2.05, 4.69) is 5.32 Å². The lowest BCUT2D eigenvalue weighted by atomic mass is 10.2. The van der Waals surface area contributed by atoms with Gasteiger partial charge in [-0.05, 0) is 0 Å². The molecule has 1 unspecified atom stereocenters. The number of nitrogens with two attached hydrogens (primary N) is 1. The SMILES string of the molecule is COc1cc(NC(=O)C(N)CC(=O)O)c(OC)cc1Cl. The van der Waals surface area contributed by atoms with Crippen LogP contribution >= 0.6 is 11.6 Å². The Bertz CT molecular complexity index is 521. The molecular formula is C12H15ClN2O5. The van der Waals surface area contributed by atoms with Gasteiger partial charge in [-0.3, -0.25) is 9.59 Å². The molecule has 0 radical (unpaired) electrons. The van der Waals surface area contributed by atoms with Crippen LogP contribution in [0.4, 0.5) is 5.69 Å². The summed E-state index contributed by atoms with van der Waals surface area (Å²) in [4.78, 5) is 22.3. The summed E-state index contributed by atoms with van der Waals surface area (Å²) in [7, 11) is 2.83. The van der Waals surface area contributed by atoms with E-state index in [4.69, 9.17) is 31.9 Å². The summed E-state index contributed by atoms with van der Waals surface area (Å²) in [5.74, 6) is -1.15. The smallest absolute Gasteiger partial charge is 0.305 e. The molecule has 20 heavy (non-hydrogen) atoms. The van der Waals surface area contributed by atoms with E-state index in [-0.39, 0.29) is 0 Å². The number of methoxy groups -OCH3 is 2. The highest BCUT2D eigenvalue weighted by atomic mass is 35.5. The van der Waals surface area contributed by atoms with Gasteiger partial charge in [0.1, 0.15) is 11.5 Å². The number of halogens is 1. The number of carboxylic acids is 1. The number of aliphatic carboxylic acids is 1. The number of carbonyl (C=O) groups excluding carboxylic acids is 1. The largest absolute Gasteiger partial charge is 0.495 e. The van der Waals surface area contributed by atoms with Gasteiger partial charge in [-0.1, -0.05) is 11.6 Å². The standard InChI is InChI=1S/C12H15ClN2O5/c1-19-9-5-8(10(20-2)3-6(9)13)15-12(18)7(14)4-11(16)17/h3,5,7H,4,14H2,1-2H3,(H,15,18)(H,16,17). The molecule has 1 atom stereocenters. The van der Waals surface area contributed by atoms with Crippen molar-refractivity contribution in [3.63, 3.8) is 0 Å². The first-order chi connectivity index (χ1) is 9.38. The number of rotatable bonds is 6. The fourth-order valence-corrected chi connectivity index (χ4v) is 1.70. The summed E-state index contributed by atoms with van der Waals surface area (Å²) in [6.45, 7) is 0. The highest BCUT2D eigenvalue weighted by Gasteiger charge is 2.19. The maximum Gasteiger partial charge on any atom is 0.305 e. The molecule has 0 heterocycles. The Morgan fingerprint density at radius 1 is 1.35 bits per heavy atom. The molecular weight excluding hydrogens is 288 g/mol. The van der Waals surface area contributed by atoms with Crippen molar-refractivity contribution in [2.24, 2.45) is 5.73 Å². The second-order valence-corrected chi connectivity index (χ2v) is 4.29. The zero-order valence-electron chi connectivity index (χ0n) is 11.0. The molecule has 0 aliphatic carbocycles. The molecule has 1 aromatic rings. The Kier molecular flexibility index (Phi) is 5.60. The quantitative estimate of drug-likeness (QED) is 0.725. The van der Waals surface area contributed by atoms with E-state index in [0.29, 0.717) is 22.2 Å². The summed E-state index contributed by atoms with van der Waals surface area (Å²) >= 11 is 5.93. The second-order valence-electron chi connectivity index (χ2n) is 3.88. The third-order valence-electron chi connectivity index (χ3n) is 2.46. The predicted molar refractivity (Wildman–Crippen MR) is 73.4 cm³/mol. The predicted octanol–water partition coefficient (Wildman–Crippen LogP) is 1.10. The van der Waals surface area contributed by atoms with Gasteiger partial charge in [0.05, 0.1) is 37.4 Å². The summed E-state index contributed by atoms with van der Waals surface area (Å²) in [6, 6.07) is 1.77. The highest BCUT2D eigenvalue weighted by molar-refractivity contribution is 6.32. The second kappa shape index (κ2) is 6.97. The third-order valence-corrected chi connectivity index (χ3v) is 2.76. The zero-order valence-corrected chi connectivity index (χ0v) is 11.7. The van der Waals surface area contributed by atoms with E-state index in [0.717, 1.165) is 0 Å². The molecule has 0 saturated carbocycles. The van der Waals surface area contributed by atoms with Crippen molar-refractivity contribution >= 4 is 29.2 Å². The first kappa shape index (κ1) is 16.1. The molecule has 0 aliphatic rings. The molecule has 110 valence electrons. The van der Waals surface area contributed by atoms with E-state index in [1.807, 2.05) is 0 Å². The van der Waals surface area contributed by atoms with Gasteiger partial charge in [-0.25, -0.2) is 0 Å². The van der Waals surface area contributed by atoms with Crippen LogP contribution in [0, 0.1) is 0 Å². The van der Waals surface area contributed by atoms with Gasteiger partial charge in [0.15, 0.2) is 0 Å². The maximum atomic E-state index is 11.8. The number of amides is 1. The molecule has 0 fully saturated rings. The Hall–Kier alpha value is -1.99. The van der Waals surface area contributed by atoms with Gasteiger partial charge in [0.25, 0.3) is 0 Å². The Balaban J connectivity index is 2.95. The van der Waals surface area contributed by atoms with E-state index in [1.165, 1.54) is 26.4 Å². The monoisotopic (exact) mass is 302 g/mol. The highest BCUT2D eigenvalue weighted by Crippen LogP contribution is 2.35. The molecule has 0 aliphatic heterocycles. The van der Waals surface area contributed by atoms with Gasteiger partial charge in [0.2, 0.25) is 5.91 Å². The molecule has 8 heteroatoms. The average molecular weight is 303 g/mol. The third kappa shape index (κ3) is 4.01. The number of hydrogen-bond acceptors (Lipinski definition) is 5. The van der Waals surface area contributed by atoms with Crippen molar-refractivity contribution in [1.29, 1.82) is 0 Å². The van der Waals surface area contributed by atoms with Crippen molar-refractivity contribution < 1.29 is 24.2 Å². The van der Waals surface area contributed by atoms with Crippen LogP contribution in [0.2, 0.25) is 5.02 Å². The van der Waals surface area contributed by atoms with Gasteiger partial charge in [0, 0.05) is 12.1 Å². The van der Waals surface area contributed by atoms with E-state index < -0.39 is 24.3 Å². The molecule has 0 bridgehead atoms. The number of hydrogen-bond donors (Lipinski definition) is 3. The lowest BCUT2D eigenvalue weighted by molar-refractivity contribution is -0.138. The first-order valence-electron chi connectivity index (χ1n) is 5.58. The van der Waals surface area contributed by atoms with E-state index in [1.54, 1.807) is 0 Å². The molecule has 4 N–H and O–H groups in total. The van der Waals surface area contributed by atoms with Crippen LogP contribution in [0.15, 0.2) is 12.1 Å². The van der Waals surface area contributed by atoms with Crippen molar-refractivity contribution in [3.05, 3.63) is 17.2 Å². The van der Waals surface area contributed by atoms with Crippen molar-refractivity contribution in [1.82, 2.24) is 0 Å². The number of benzene rings is 1. The lowest BCUT2D eigenvalue weighted by Crippen LogP contribution is -2.37. The normalized spacial score (nSPS) is 11.6. The van der Waals surface area contributed by atoms with Crippen LogP contribution in [0.1, 0.15) is 6.42 Å². The molecule has 7 nitrogen and oxygen atoms in total. The van der Waals surface area contributed by atoms with Crippen LogP contribution in [0.25, 0.3) is 0 Å². The number of anilines is 1. The van der Waals surface area contributed by atoms with Crippen molar-refractivity contribution in [3.8, 4) is 11.5 Å². The van der Waals surface area contributed by atoms with Gasteiger partial charge in [-0.15, -0.1) is 0 Å². The van der Waals surface area contributed by atoms with Gasteiger partial charge >= 0.3 is 5.97 Å². The maximum absolute atomic E-state index is 11.8. The van der Waals surface area contributed by atoms with Gasteiger partial charge < -0.3 is 25.6 Å². The number of carbonyl (C=O) groups is 2. The summed E-state index contributed by atoms with van der Waals surface area (Å²) in [6.07, 6.45) is -0.473. The number of carboxylic acid groups (broad SMARTS) is 1. The Morgan fingerprint density at radius 2 is 1.95 bits per heavy atom. The minimum atomic E-state index is -1.17. The number of nitrogens with one attached hydrogen (secondary N) is 1. The Morgan fingerprint density at radius 3 is 2.45 bits per heavy atom. The molecule has 0 saturated heterocycles. The minimum Gasteiger partial charge on any atom is -0.495 e. The number of ether oxygens (including phenoxy) is 2. The molecule has 1 rings (SSSR count). The Labute approximate surface area is 120 Å². The van der Waals surface area contributed by atoms with Gasteiger partial charge in [-0.2, -0.15) is 0 Å². The van der Waals surface area contributed by atoms with Crippen LogP contribution in [-0.2, 0) is 9.59 Å². The van der Waals surface area contributed by atoms with E-state index >= 15 is 0 Å². The van der Waals surface area contributed by atoms with Crippen LogP contribution in [0.5, 0.6) is 11.5 Å². The van der Waals surface area contributed by atoms with Crippen LogP contribution in [0.3, 0.4) is 0 Å². The topological polar surface area (TPSA) is 111 Å². The molecule has 0 spiro atoms. The minimum absolute atomic E-state index is 0.291. The lowest BCUT2D eigenvalue weighted by Gasteiger charge is -2.15. The summed E-state index contributed by atoms with van der Waals surface area (Å²) in [5, 5.41) is 11.4. The zero-order chi connectivity index (χ0) is 15.3. The summed E-state index contributed by atoms with van der Waals surface area (Å²) < 4.78 is 10.1. The fourth-order valence-electron chi connectivity index (χ4n) is 1.46.